The second-order valence-corrected chi connectivity index (χ2v) is 5.02. The Morgan fingerprint density at radius 2 is 2.21 bits per heavy atom. The van der Waals surface area contributed by atoms with Gasteiger partial charge in [-0.25, -0.2) is 4.79 Å². The first-order valence-corrected chi connectivity index (χ1v) is 6.46. The van der Waals surface area contributed by atoms with E-state index in [1.54, 1.807) is 12.1 Å². The van der Waals surface area contributed by atoms with Gasteiger partial charge in [0.25, 0.3) is 5.91 Å². The zero-order valence-electron chi connectivity index (χ0n) is 10.0. The maximum atomic E-state index is 12.4. The quantitative estimate of drug-likeness (QED) is 0.789. The molecule has 1 aromatic rings. The van der Waals surface area contributed by atoms with Gasteiger partial charge in [-0.05, 0) is 34.1 Å². The van der Waals surface area contributed by atoms with Gasteiger partial charge in [-0.1, -0.05) is 0 Å². The third kappa shape index (κ3) is 2.87. The minimum Gasteiger partial charge on any atom is -0.480 e. The molecule has 0 aromatic heterocycles. The summed E-state index contributed by atoms with van der Waals surface area (Å²) in [6.45, 7) is 0.577. The number of ether oxygens (including phenoxy) is 1. The van der Waals surface area contributed by atoms with E-state index in [4.69, 9.17) is 15.6 Å². The van der Waals surface area contributed by atoms with E-state index in [1.165, 1.54) is 11.0 Å². The molecule has 0 aliphatic carbocycles. The second-order valence-electron chi connectivity index (χ2n) is 4.17. The van der Waals surface area contributed by atoms with Gasteiger partial charge in [-0.2, -0.15) is 0 Å². The molecule has 2 rings (SSSR count). The Morgan fingerprint density at radius 3 is 2.89 bits per heavy atom. The molecule has 1 amide bonds. The largest absolute Gasteiger partial charge is 0.480 e. The van der Waals surface area contributed by atoms with Crippen molar-refractivity contribution in [1.82, 2.24) is 4.90 Å². The lowest BCUT2D eigenvalue weighted by molar-refractivity contribution is -0.147. The summed E-state index contributed by atoms with van der Waals surface area (Å²) >= 11 is 3.27. The molecule has 0 spiro atoms. The Balaban J connectivity index is 2.31. The summed E-state index contributed by atoms with van der Waals surface area (Å²) in [7, 11) is 0. The molecule has 102 valence electrons. The first kappa shape index (κ1) is 13.8. The van der Waals surface area contributed by atoms with E-state index in [2.05, 4.69) is 15.9 Å². The van der Waals surface area contributed by atoms with Crippen molar-refractivity contribution in [2.24, 2.45) is 0 Å². The minimum absolute atomic E-state index is 0.00100. The number of carboxylic acids is 1. The molecule has 1 aliphatic heterocycles. The average molecular weight is 329 g/mol. The van der Waals surface area contributed by atoms with Crippen molar-refractivity contribution >= 4 is 33.5 Å². The SMILES string of the molecule is Nc1ccc(Br)c(C(=O)N2CCOCC2C(=O)O)c1. The number of anilines is 1. The van der Waals surface area contributed by atoms with Gasteiger partial charge < -0.3 is 20.5 Å². The standard InChI is InChI=1S/C12H13BrN2O4/c13-9-2-1-7(14)5-8(9)11(16)15-3-4-19-6-10(15)12(17)18/h1-2,5,10H,3-4,6,14H2,(H,17,18). The smallest absolute Gasteiger partial charge is 0.328 e. The Kier molecular flexibility index (Phi) is 4.06. The predicted octanol–water partition coefficient (Wildman–Crippen LogP) is 0.957. The third-order valence-corrected chi connectivity index (χ3v) is 3.59. The van der Waals surface area contributed by atoms with Crippen LogP contribution in [-0.2, 0) is 9.53 Å². The van der Waals surface area contributed by atoms with Gasteiger partial charge in [0.15, 0.2) is 6.04 Å². The van der Waals surface area contributed by atoms with Gasteiger partial charge in [0, 0.05) is 16.7 Å². The van der Waals surface area contributed by atoms with Crippen molar-refractivity contribution in [3.8, 4) is 0 Å². The number of carbonyl (C=O) groups is 2. The second kappa shape index (κ2) is 5.58. The van der Waals surface area contributed by atoms with Crippen LogP contribution in [0, 0.1) is 0 Å². The minimum atomic E-state index is -1.08. The van der Waals surface area contributed by atoms with Gasteiger partial charge >= 0.3 is 5.97 Å². The lowest BCUT2D eigenvalue weighted by Gasteiger charge is -2.33. The summed E-state index contributed by atoms with van der Waals surface area (Å²) in [6, 6.07) is 3.89. The van der Waals surface area contributed by atoms with Crippen molar-refractivity contribution in [2.75, 3.05) is 25.5 Å². The van der Waals surface area contributed by atoms with Gasteiger partial charge in [0.05, 0.1) is 18.8 Å². The van der Waals surface area contributed by atoms with E-state index in [-0.39, 0.29) is 19.1 Å². The topological polar surface area (TPSA) is 92.9 Å². The number of hydrogen-bond acceptors (Lipinski definition) is 4. The van der Waals surface area contributed by atoms with E-state index in [0.29, 0.717) is 22.3 Å². The highest BCUT2D eigenvalue weighted by Crippen LogP contribution is 2.23. The Morgan fingerprint density at radius 1 is 1.47 bits per heavy atom. The molecular weight excluding hydrogens is 316 g/mol. The molecule has 19 heavy (non-hydrogen) atoms. The lowest BCUT2D eigenvalue weighted by atomic mass is 10.1. The Bertz CT molecular complexity index is 520. The van der Waals surface area contributed by atoms with Crippen LogP contribution in [0.3, 0.4) is 0 Å². The fourth-order valence-electron chi connectivity index (χ4n) is 1.91. The van der Waals surface area contributed by atoms with Crippen LogP contribution in [0.25, 0.3) is 0 Å². The molecule has 1 saturated heterocycles. The van der Waals surface area contributed by atoms with Gasteiger partial charge in [-0.3, -0.25) is 4.79 Å². The van der Waals surface area contributed by atoms with Gasteiger partial charge in [0.2, 0.25) is 0 Å². The van der Waals surface area contributed by atoms with E-state index < -0.39 is 12.0 Å². The number of aliphatic carboxylic acids is 1. The fraction of sp³-hybridized carbons (Fsp3) is 0.333. The van der Waals surface area contributed by atoms with Crippen LogP contribution in [0.1, 0.15) is 10.4 Å². The maximum absolute atomic E-state index is 12.4. The normalized spacial score (nSPS) is 19.2. The first-order valence-electron chi connectivity index (χ1n) is 5.67. The molecule has 1 aromatic carbocycles. The van der Waals surface area contributed by atoms with E-state index in [9.17, 15) is 9.59 Å². The lowest BCUT2D eigenvalue weighted by Crippen LogP contribution is -2.52. The summed E-state index contributed by atoms with van der Waals surface area (Å²) in [5.41, 5.74) is 6.46. The summed E-state index contributed by atoms with van der Waals surface area (Å²) in [6.07, 6.45) is 0. The molecule has 1 aliphatic rings. The number of nitrogen functional groups attached to an aromatic ring is 1. The molecule has 0 radical (unpaired) electrons. The number of nitrogens with two attached hydrogens (primary N) is 1. The number of amides is 1. The molecule has 0 bridgehead atoms. The van der Waals surface area contributed by atoms with Crippen LogP contribution in [-0.4, -0.2) is 47.7 Å². The summed E-state index contributed by atoms with van der Waals surface area (Å²) in [5.74, 6) is -1.44. The Hall–Kier alpha value is -1.60. The average Bonchev–Trinajstić information content (AvgIpc) is 2.40. The number of benzene rings is 1. The molecule has 1 fully saturated rings. The molecule has 7 heteroatoms. The van der Waals surface area contributed by atoms with Crippen LogP contribution in [0.15, 0.2) is 22.7 Å². The molecule has 1 heterocycles. The highest BCUT2D eigenvalue weighted by Gasteiger charge is 2.33. The summed E-state index contributed by atoms with van der Waals surface area (Å²) in [4.78, 5) is 24.8. The van der Waals surface area contributed by atoms with Crippen molar-refractivity contribution < 1.29 is 19.4 Å². The van der Waals surface area contributed by atoms with Gasteiger partial charge in [-0.15, -0.1) is 0 Å². The maximum Gasteiger partial charge on any atom is 0.328 e. The molecule has 0 saturated carbocycles. The monoisotopic (exact) mass is 328 g/mol. The molecule has 6 nitrogen and oxygen atoms in total. The van der Waals surface area contributed by atoms with Crippen molar-refractivity contribution in [2.45, 2.75) is 6.04 Å². The van der Waals surface area contributed by atoms with E-state index in [1.807, 2.05) is 0 Å². The number of carboxylic acid groups (broad SMARTS) is 1. The highest BCUT2D eigenvalue weighted by molar-refractivity contribution is 9.10. The van der Waals surface area contributed by atoms with Crippen molar-refractivity contribution in [3.63, 3.8) is 0 Å². The first-order chi connectivity index (χ1) is 9.00. The number of hydrogen-bond donors (Lipinski definition) is 2. The summed E-state index contributed by atoms with van der Waals surface area (Å²) in [5, 5.41) is 9.12. The number of rotatable bonds is 2. The molecule has 1 atom stereocenters. The third-order valence-electron chi connectivity index (χ3n) is 2.90. The number of morpholine rings is 1. The molecular formula is C12H13BrN2O4. The fourth-order valence-corrected chi connectivity index (χ4v) is 2.33. The van der Waals surface area contributed by atoms with Crippen LogP contribution < -0.4 is 5.73 Å². The number of carbonyl (C=O) groups excluding carboxylic acids is 1. The molecule has 3 N–H and O–H groups in total. The molecule has 1 unspecified atom stereocenters. The van der Waals surface area contributed by atoms with Crippen LogP contribution in [0.2, 0.25) is 0 Å². The zero-order valence-corrected chi connectivity index (χ0v) is 11.6. The van der Waals surface area contributed by atoms with Crippen LogP contribution in [0.5, 0.6) is 0 Å². The highest BCUT2D eigenvalue weighted by atomic mass is 79.9. The predicted molar refractivity (Wildman–Crippen MR) is 71.8 cm³/mol. The van der Waals surface area contributed by atoms with E-state index >= 15 is 0 Å². The van der Waals surface area contributed by atoms with Crippen LogP contribution in [0.4, 0.5) is 5.69 Å². The zero-order chi connectivity index (χ0) is 14.0. The summed E-state index contributed by atoms with van der Waals surface area (Å²) < 4.78 is 5.69. The van der Waals surface area contributed by atoms with Gasteiger partial charge in [0.1, 0.15) is 0 Å². The van der Waals surface area contributed by atoms with E-state index in [0.717, 1.165) is 0 Å². The number of halogens is 1. The Labute approximate surface area is 118 Å². The van der Waals surface area contributed by atoms with Crippen molar-refractivity contribution in [1.29, 1.82) is 0 Å². The van der Waals surface area contributed by atoms with Crippen LogP contribution >= 0.6 is 15.9 Å². The number of nitrogens with zero attached hydrogens (tertiary/aromatic N) is 1. The van der Waals surface area contributed by atoms with Crippen molar-refractivity contribution in [3.05, 3.63) is 28.2 Å².